The molecule has 3 aromatic rings. The highest BCUT2D eigenvalue weighted by molar-refractivity contribution is 6.30. The summed E-state index contributed by atoms with van der Waals surface area (Å²) in [5, 5.41) is 4.86. The van der Waals surface area contributed by atoms with Crippen molar-refractivity contribution in [2.75, 3.05) is 11.9 Å². The van der Waals surface area contributed by atoms with Gasteiger partial charge in [-0.3, -0.25) is 0 Å². The average molecular weight is 315 g/mol. The zero-order valence-corrected chi connectivity index (χ0v) is 12.8. The topological polar surface area (TPSA) is 54.1 Å². The van der Waals surface area contributed by atoms with E-state index in [1.807, 2.05) is 36.4 Å². The van der Waals surface area contributed by atoms with Crippen molar-refractivity contribution in [3.8, 4) is 0 Å². The first kappa shape index (κ1) is 14.5. The van der Waals surface area contributed by atoms with E-state index in [2.05, 4.69) is 10.3 Å². The fraction of sp³-hybridized carbons (Fsp3) is 0.118. The van der Waals surface area contributed by atoms with Gasteiger partial charge in [0.2, 0.25) is 0 Å². The maximum atomic E-state index is 12.2. The monoisotopic (exact) mass is 314 g/mol. The zero-order chi connectivity index (χ0) is 15.5. The summed E-state index contributed by atoms with van der Waals surface area (Å²) in [4.78, 5) is 15.3. The van der Waals surface area contributed by atoms with Gasteiger partial charge in [-0.15, -0.1) is 0 Å². The minimum atomic E-state index is -0.379. The van der Waals surface area contributed by atoms with E-state index in [0.29, 0.717) is 23.0 Å². The summed E-state index contributed by atoms with van der Waals surface area (Å²) < 4.78 is 5.12. The molecule has 2 N–H and O–H groups in total. The third-order valence-electron chi connectivity index (χ3n) is 3.30. The smallest absolute Gasteiger partial charge is 0.356 e. The van der Waals surface area contributed by atoms with Crippen molar-refractivity contribution >= 4 is 39.8 Å². The molecule has 0 aliphatic carbocycles. The summed E-state index contributed by atoms with van der Waals surface area (Å²) >= 11 is 5.90. The SMILES string of the molecule is CCOC(=O)c1[nH]c2ccccc2c1Nc1ccc(Cl)cc1. The maximum Gasteiger partial charge on any atom is 0.356 e. The molecule has 112 valence electrons. The van der Waals surface area contributed by atoms with E-state index < -0.39 is 0 Å². The van der Waals surface area contributed by atoms with Gasteiger partial charge in [0.25, 0.3) is 0 Å². The summed E-state index contributed by atoms with van der Waals surface area (Å²) in [6.45, 7) is 2.11. The molecule has 22 heavy (non-hydrogen) atoms. The Kier molecular flexibility index (Phi) is 4.02. The Morgan fingerprint density at radius 2 is 1.91 bits per heavy atom. The molecule has 0 aliphatic heterocycles. The predicted molar refractivity (Wildman–Crippen MR) is 89.0 cm³/mol. The minimum absolute atomic E-state index is 0.328. The Balaban J connectivity index is 2.07. The van der Waals surface area contributed by atoms with Crippen LogP contribution >= 0.6 is 11.6 Å². The summed E-state index contributed by atoms with van der Waals surface area (Å²) in [5.41, 5.74) is 2.84. The van der Waals surface area contributed by atoms with Gasteiger partial charge < -0.3 is 15.0 Å². The third kappa shape index (κ3) is 2.78. The summed E-state index contributed by atoms with van der Waals surface area (Å²) in [6, 6.07) is 15.0. The van der Waals surface area contributed by atoms with Crippen molar-refractivity contribution in [2.24, 2.45) is 0 Å². The van der Waals surface area contributed by atoms with Crippen LogP contribution in [0.4, 0.5) is 11.4 Å². The third-order valence-corrected chi connectivity index (χ3v) is 3.55. The fourth-order valence-electron chi connectivity index (χ4n) is 2.31. The number of hydrogen-bond donors (Lipinski definition) is 2. The number of halogens is 1. The van der Waals surface area contributed by atoms with E-state index in [0.717, 1.165) is 16.6 Å². The molecule has 0 bridgehead atoms. The molecule has 0 unspecified atom stereocenters. The highest BCUT2D eigenvalue weighted by Gasteiger charge is 2.18. The second-order valence-corrected chi connectivity index (χ2v) is 5.21. The molecule has 2 aromatic carbocycles. The van der Waals surface area contributed by atoms with Crippen molar-refractivity contribution in [3.05, 3.63) is 59.2 Å². The summed E-state index contributed by atoms with van der Waals surface area (Å²) in [5.74, 6) is -0.379. The number of nitrogens with one attached hydrogen (secondary N) is 2. The molecule has 0 radical (unpaired) electrons. The number of rotatable bonds is 4. The highest BCUT2D eigenvalue weighted by Crippen LogP contribution is 2.31. The van der Waals surface area contributed by atoms with Crippen molar-refractivity contribution in [1.29, 1.82) is 0 Å². The Labute approximate surface area is 133 Å². The van der Waals surface area contributed by atoms with Crippen molar-refractivity contribution in [1.82, 2.24) is 4.98 Å². The van der Waals surface area contributed by atoms with Gasteiger partial charge in [-0.1, -0.05) is 29.8 Å². The van der Waals surface area contributed by atoms with Crippen LogP contribution in [0.2, 0.25) is 5.02 Å². The normalized spacial score (nSPS) is 10.6. The van der Waals surface area contributed by atoms with Crippen LogP contribution in [-0.4, -0.2) is 17.6 Å². The van der Waals surface area contributed by atoms with E-state index in [-0.39, 0.29) is 5.97 Å². The van der Waals surface area contributed by atoms with Gasteiger partial charge in [-0.25, -0.2) is 4.79 Å². The molecular formula is C17H15ClN2O2. The molecule has 0 saturated heterocycles. The first-order valence-corrected chi connectivity index (χ1v) is 7.37. The van der Waals surface area contributed by atoms with Gasteiger partial charge in [0.1, 0.15) is 5.69 Å². The number of carbonyl (C=O) groups is 1. The summed E-state index contributed by atoms with van der Waals surface area (Å²) in [6.07, 6.45) is 0. The highest BCUT2D eigenvalue weighted by atomic mass is 35.5. The first-order valence-electron chi connectivity index (χ1n) is 6.99. The predicted octanol–water partition coefficient (Wildman–Crippen LogP) is 4.74. The second-order valence-electron chi connectivity index (χ2n) is 4.77. The lowest BCUT2D eigenvalue weighted by Gasteiger charge is -2.08. The van der Waals surface area contributed by atoms with Crippen molar-refractivity contribution in [3.63, 3.8) is 0 Å². The van der Waals surface area contributed by atoms with Crippen LogP contribution in [-0.2, 0) is 4.74 Å². The van der Waals surface area contributed by atoms with Crippen LogP contribution in [0.5, 0.6) is 0 Å². The largest absolute Gasteiger partial charge is 0.461 e. The molecule has 0 amide bonds. The molecule has 1 aromatic heterocycles. The van der Waals surface area contributed by atoms with Crippen molar-refractivity contribution in [2.45, 2.75) is 6.92 Å². The molecule has 0 fully saturated rings. The number of hydrogen-bond acceptors (Lipinski definition) is 3. The van der Waals surface area contributed by atoms with Crippen LogP contribution in [0, 0.1) is 0 Å². The van der Waals surface area contributed by atoms with Crippen molar-refractivity contribution < 1.29 is 9.53 Å². The number of ether oxygens (including phenoxy) is 1. The fourth-order valence-corrected chi connectivity index (χ4v) is 2.43. The number of para-hydroxylation sites is 1. The van der Waals surface area contributed by atoms with Gasteiger partial charge in [0.05, 0.1) is 12.3 Å². The zero-order valence-electron chi connectivity index (χ0n) is 12.0. The Morgan fingerprint density at radius 1 is 1.18 bits per heavy atom. The van der Waals surface area contributed by atoms with E-state index in [1.54, 1.807) is 19.1 Å². The Morgan fingerprint density at radius 3 is 2.64 bits per heavy atom. The van der Waals surface area contributed by atoms with Crippen LogP contribution in [0.15, 0.2) is 48.5 Å². The van der Waals surface area contributed by atoms with Crippen LogP contribution < -0.4 is 5.32 Å². The van der Waals surface area contributed by atoms with E-state index in [9.17, 15) is 4.79 Å². The number of H-pyrrole nitrogens is 1. The van der Waals surface area contributed by atoms with E-state index in [1.165, 1.54) is 0 Å². The lowest BCUT2D eigenvalue weighted by atomic mass is 10.2. The van der Waals surface area contributed by atoms with E-state index in [4.69, 9.17) is 16.3 Å². The molecule has 0 saturated carbocycles. The molecule has 0 spiro atoms. The number of fused-ring (bicyclic) bond motifs is 1. The second kappa shape index (κ2) is 6.12. The van der Waals surface area contributed by atoms with Gasteiger partial charge >= 0.3 is 5.97 Å². The van der Waals surface area contributed by atoms with Crippen LogP contribution in [0.25, 0.3) is 10.9 Å². The lowest BCUT2D eigenvalue weighted by Crippen LogP contribution is -2.07. The van der Waals surface area contributed by atoms with Crippen LogP contribution in [0.1, 0.15) is 17.4 Å². The number of esters is 1. The Bertz CT molecular complexity index is 809. The summed E-state index contributed by atoms with van der Waals surface area (Å²) in [7, 11) is 0. The molecule has 0 atom stereocenters. The number of carbonyl (C=O) groups excluding carboxylic acids is 1. The van der Waals surface area contributed by atoms with Gasteiger partial charge in [0, 0.05) is 21.6 Å². The van der Waals surface area contributed by atoms with Gasteiger partial charge in [-0.05, 0) is 37.3 Å². The molecule has 4 nitrogen and oxygen atoms in total. The molecule has 3 rings (SSSR count). The van der Waals surface area contributed by atoms with Gasteiger partial charge in [0.15, 0.2) is 0 Å². The molecular weight excluding hydrogens is 300 g/mol. The molecule has 0 aliphatic rings. The minimum Gasteiger partial charge on any atom is -0.461 e. The quantitative estimate of drug-likeness (QED) is 0.684. The molecule has 5 heteroatoms. The number of anilines is 2. The molecule has 1 heterocycles. The Hall–Kier alpha value is -2.46. The van der Waals surface area contributed by atoms with Gasteiger partial charge in [-0.2, -0.15) is 0 Å². The number of aromatic amines is 1. The lowest BCUT2D eigenvalue weighted by molar-refractivity contribution is 0.0522. The van der Waals surface area contributed by atoms with Crippen LogP contribution in [0.3, 0.4) is 0 Å². The number of aromatic nitrogens is 1. The maximum absolute atomic E-state index is 12.2. The first-order chi connectivity index (χ1) is 10.7. The van der Waals surface area contributed by atoms with E-state index >= 15 is 0 Å². The standard InChI is InChI=1S/C17H15ClN2O2/c1-2-22-17(21)16-15(13-5-3-4-6-14(13)20-16)19-12-9-7-11(18)8-10-12/h3-10,19-20H,2H2,1H3. The number of benzene rings is 2. The average Bonchev–Trinajstić information content (AvgIpc) is 2.89.